The maximum Gasteiger partial charge on any atom is 0.407 e. The summed E-state index contributed by atoms with van der Waals surface area (Å²) >= 11 is 1.78. The molecular formula is C35H35NO5S. The zero-order valence-electron chi connectivity index (χ0n) is 23.4. The second-order valence-electron chi connectivity index (χ2n) is 9.99. The van der Waals surface area contributed by atoms with E-state index in [4.69, 9.17) is 14.2 Å². The van der Waals surface area contributed by atoms with Gasteiger partial charge in [0.25, 0.3) is 0 Å². The van der Waals surface area contributed by atoms with E-state index in [1.54, 1.807) is 11.8 Å². The molecule has 4 aromatic rings. The summed E-state index contributed by atoms with van der Waals surface area (Å²) in [6.07, 6.45) is 1.13. The minimum atomic E-state index is -0.520. The van der Waals surface area contributed by atoms with E-state index < -0.39 is 12.4 Å². The summed E-state index contributed by atoms with van der Waals surface area (Å²) in [6, 6.07) is 34.5. The average Bonchev–Trinajstić information content (AvgIpc) is 3.06. The number of aliphatic hydroxyl groups excluding tert-OH is 1. The van der Waals surface area contributed by atoms with Crippen LogP contribution in [-0.2, 0) is 27.4 Å². The number of hydrogen-bond donors (Lipinski definition) is 2. The molecule has 216 valence electrons. The van der Waals surface area contributed by atoms with Crippen molar-refractivity contribution in [2.45, 2.75) is 43.0 Å². The van der Waals surface area contributed by atoms with Gasteiger partial charge < -0.3 is 24.6 Å². The van der Waals surface area contributed by atoms with Gasteiger partial charge in [0.15, 0.2) is 6.29 Å². The average molecular weight is 582 g/mol. The van der Waals surface area contributed by atoms with E-state index in [-0.39, 0.29) is 25.4 Å². The Balaban J connectivity index is 1.32. The van der Waals surface area contributed by atoms with Crippen LogP contribution in [0.25, 0.3) is 11.1 Å². The van der Waals surface area contributed by atoms with Crippen LogP contribution in [0.3, 0.4) is 0 Å². The molecule has 7 heteroatoms. The van der Waals surface area contributed by atoms with E-state index in [1.165, 1.54) is 11.0 Å². The summed E-state index contributed by atoms with van der Waals surface area (Å²) in [5.41, 5.74) is 5.92. The van der Waals surface area contributed by atoms with E-state index in [0.717, 1.165) is 45.6 Å². The fraction of sp³-hybridized carbons (Fsp3) is 0.229. The van der Waals surface area contributed by atoms with Crippen LogP contribution in [0.15, 0.2) is 121 Å². The van der Waals surface area contributed by atoms with Crippen LogP contribution >= 0.6 is 11.8 Å². The molecule has 6 nitrogen and oxygen atoms in total. The lowest BCUT2D eigenvalue weighted by atomic mass is 9.98. The first-order valence-corrected chi connectivity index (χ1v) is 15.0. The third-order valence-corrected chi connectivity index (χ3v) is 8.20. The molecule has 2 N–H and O–H groups in total. The number of amides is 1. The summed E-state index contributed by atoms with van der Waals surface area (Å²) in [4.78, 5) is 13.1. The quantitative estimate of drug-likeness (QED) is 0.140. The standard InChI is InChI=1S/C35H35NO5S/c1-2-20-39-35(38)36-22-29-8-6-7-11-32(29)26-16-18-28(19-17-26)34-40-30(24-42-31-9-4-3-5-10-31)21-33(41-34)27-14-12-25(23-37)13-15-27/h2-19,30,33-34,37H,1,20-24H2,(H,36,38). The molecule has 1 saturated heterocycles. The Bertz CT molecular complexity index is 1440. The van der Waals surface area contributed by atoms with E-state index >= 15 is 0 Å². The van der Waals surface area contributed by atoms with Crippen LogP contribution in [-0.4, -0.2) is 29.7 Å². The lowest BCUT2D eigenvalue weighted by Gasteiger charge is -2.36. The predicted molar refractivity (Wildman–Crippen MR) is 166 cm³/mol. The van der Waals surface area contributed by atoms with Crippen molar-refractivity contribution in [3.63, 3.8) is 0 Å². The Kier molecular flexibility index (Phi) is 10.5. The summed E-state index contributed by atoms with van der Waals surface area (Å²) in [6.45, 7) is 4.09. The van der Waals surface area contributed by atoms with E-state index in [9.17, 15) is 9.90 Å². The molecule has 1 amide bonds. The fourth-order valence-corrected chi connectivity index (χ4v) is 5.80. The molecule has 1 fully saturated rings. The first kappa shape index (κ1) is 29.6. The molecule has 1 aliphatic heterocycles. The van der Waals surface area contributed by atoms with Crippen molar-refractivity contribution < 1.29 is 24.1 Å². The second-order valence-corrected chi connectivity index (χ2v) is 11.1. The van der Waals surface area contributed by atoms with Crippen molar-refractivity contribution in [3.05, 3.63) is 138 Å². The second kappa shape index (κ2) is 14.8. The highest BCUT2D eigenvalue weighted by Crippen LogP contribution is 2.40. The highest BCUT2D eigenvalue weighted by molar-refractivity contribution is 7.99. The molecule has 1 heterocycles. The van der Waals surface area contributed by atoms with Gasteiger partial charge in [0, 0.05) is 29.2 Å². The molecule has 3 unspecified atom stereocenters. The number of alkyl carbamates (subject to hydrolysis) is 1. The maximum atomic E-state index is 11.9. The molecule has 1 aliphatic rings. The van der Waals surface area contributed by atoms with Gasteiger partial charge in [-0.15, -0.1) is 11.8 Å². The number of carbonyl (C=O) groups excluding carboxylic acids is 1. The molecule has 0 saturated carbocycles. The van der Waals surface area contributed by atoms with Crippen molar-refractivity contribution in [2.75, 3.05) is 12.4 Å². The zero-order valence-corrected chi connectivity index (χ0v) is 24.2. The topological polar surface area (TPSA) is 77.0 Å². The first-order chi connectivity index (χ1) is 20.6. The molecular weight excluding hydrogens is 546 g/mol. The molecule has 0 bridgehead atoms. The minimum absolute atomic E-state index is 0.0104. The Morgan fingerprint density at radius 1 is 0.929 bits per heavy atom. The molecule has 0 radical (unpaired) electrons. The van der Waals surface area contributed by atoms with Gasteiger partial charge in [0.2, 0.25) is 0 Å². The Labute approximate surface area is 251 Å². The smallest absolute Gasteiger partial charge is 0.407 e. The van der Waals surface area contributed by atoms with Gasteiger partial charge in [-0.2, -0.15) is 0 Å². The van der Waals surface area contributed by atoms with Crippen LogP contribution in [0.1, 0.15) is 41.1 Å². The largest absolute Gasteiger partial charge is 0.445 e. The van der Waals surface area contributed by atoms with Gasteiger partial charge in [-0.3, -0.25) is 0 Å². The molecule has 3 atom stereocenters. The number of nitrogens with one attached hydrogen (secondary N) is 1. The van der Waals surface area contributed by atoms with Gasteiger partial charge in [-0.05, 0) is 39.9 Å². The van der Waals surface area contributed by atoms with Crippen molar-refractivity contribution in [3.8, 4) is 11.1 Å². The van der Waals surface area contributed by atoms with E-state index in [2.05, 4.69) is 36.2 Å². The van der Waals surface area contributed by atoms with Crippen molar-refractivity contribution in [2.24, 2.45) is 0 Å². The van der Waals surface area contributed by atoms with Gasteiger partial charge in [0.1, 0.15) is 6.61 Å². The highest BCUT2D eigenvalue weighted by atomic mass is 32.2. The number of hydrogen-bond acceptors (Lipinski definition) is 6. The van der Waals surface area contributed by atoms with Gasteiger partial charge >= 0.3 is 6.09 Å². The number of aliphatic hydroxyl groups is 1. The molecule has 42 heavy (non-hydrogen) atoms. The van der Waals surface area contributed by atoms with Gasteiger partial charge in [-0.1, -0.05) is 104 Å². The lowest BCUT2D eigenvalue weighted by molar-refractivity contribution is -0.245. The first-order valence-electron chi connectivity index (χ1n) is 14.0. The third-order valence-electron chi connectivity index (χ3n) is 7.06. The monoisotopic (exact) mass is 581 g/mol. The summed E-state index contributed by atoms with van der Waals surface area (Å²) in [5.74, 6) is 0.808. The SMILES string of the molecule is C=CCOC(=O)NCc1ccccc1-c1ccc(C2OC(CSc3ccccc3)CC(c3ccc(CO)cc3)O2)cc1. The van der Waals surface area contributed by atoms with Gasteiger partial charge in [0.05, 0.1) is 18.8 Å². The zero-order chi connectivity index (χ0) is 29.1. The number of ether oxygens (including phenoxy) is 3. The third kappa shape index (κ3) is 7.89. The summed E-state index contributed by atoms with van der Waals surface area (Å²) in [7, 11) is 0. The minimum Gasteiger partial charge on any atom is -0.445 e. The molecule has 5 rings (SSSR count). The Morgan fingerprint density at radius 2 is 1.64 bits per heavy atom. The predicted octanol–water partition coefficient (Wildman–Crippen LogP) is 7.60. The van der Waals surface area contributed by atoms with Crippen molar-refractivity contribution in [1.29, 1.82) is 0 Å². The Hall–Kier alpha value is -3.88. The number of thioether (sulfide) groups is 1. The van der Waals surface area contributed by atoms with Crippen molar-refractivity contribution >= 4 is 17.9 Å². The van der Waals surface area contributed by atoms with Crippen LogP contribution < -0.4 is 5.32 Å². The lowest BCUT2D eigenvalue weighted by Crippen LogP contribution is -2.31. The normalized spacial score (nSPS) is 18.3. The van der Waals surface area contributed by atoms with Crippen molar-refractivity contribution in [1.82, 2.24) is 5.32 Å². The molecule has 0 spiro atoms. The van der Waals surface area contributed by atoms with E-state index in [1.807, 2.05) is 78.9 Å². The Morgan fingerprint density at radius 3 is 2.38 bits per heavy atom. The number of carbonyl (C=O) groups is 1. The maximum absolute atomic E-state index is 11.9. The van der Waals surface area contributed by atoms with Crippen LogP contribution in [0, 0.1) is 0 Å². The molecule has 0 aliphatic carbocycles. The van der Waals surface area contributed by atoms with Crippen LogP contribution in [0.2, 0.25) is 0 Å². The molecule has 0 aromatic heterocycles. The highest BCUT2D eigenvalue weighted by Gasteiger charge is 2.32. The number of benzene rings is 4. The fourth-order valence-electron chi connectivity index (χ4n) is 4.86. The summed E-state index contributed by atoms with van der Waals surface area (Å²) in [5, 5.41) is 12.3. The molecule has 4 aromatic carbocycles. The number of rotatable bonds is 11. The van der Waals surface area contributed by atoms with Crippen LogP contribution in [0.4, 0.5) is 4.79 Å². The van der Waals surface area contributed by atoms with Gasteiger partial charge in [-0.25, -0.2) is 4.79 Å². The van der Waals surface area contributed by atoms with E-state index in [0.29, 0.717) is 6.54 Å². The summed E-state index contributed by atoms with van der Waals surface area (Å²) < 4.78 is 18.1. The van der Waals surface area contributed by atoms with Crippen LogP contribution in [0.5, 0.6) is 0 Å².